The number of anilines is 1. The SMILES string of the molecule is CC(C)(C)OC(=O)CON=C(C(=O)NC1C(=O)N2CC(C)(C(=O)O)CS[C@H]12)c1nc(NC=O)sc1Cl. The van der Waals surface area contributed by atoms with Gasteiger partial charge >= 0.3 is 11.9 Å². The number of carboxylic acids is 1. The minimum atomic E-state index is -1.09. The van der Waals surface area contributed by atoms with Gasteiger partial charge < -0.3 is 30.2 Å². The molecular weight excluding hydrogens is 538 g/mol. The summed E-state index contributed by atoms with van der Waals surface area (Å²) in [6.07, 6.45) is 0.377. The van der Waals surface area contributed by atoms with Crippen molar-refractivity contribution in [2.24, 2.45) is 10.6 Å². The lowest BCUT2D eigenvalue weighted by Gasteiger charge is -2.53. The van der Waals surface area contributed by atoms with E-state index >= 15 is 0 Å². The lowest BCUT2D eigenvalue weighted by atomic mass is 9.89. The minimum Gasteiger partial charge on any atom is -0.481 e. The number of halogens is 1. The quantitative estimate of drug-likeness (QED) is 0.129. The van der Waals surface area contributed by atoms with Gasteiger partial charge in [0.15, 0.2) is 10.8 Å². The molecule has 0 bridgehead atoms. The van der Waals surface area contributed by atoms with Crippen LogP contribution in [0.5, 0.6) is 0 Å². The molecule has 3 N–H and O–H groups in total. The number of nitrogens with zero attached hydrogens (tertiary/aromatic N) is 3. The second kappa shape index (κ2) is 10.6. The molecule has 2 saturated heterocycles. The van der Waals surface area contributed by atoms with Gasteiger partial charge in [-0.15, -0.1) is 11.8 Å². The summed E-state index contributed by atoms with van der Waals surface area (Å²) in [5.74, 6) is -2.81. The Balaban J connectivity index is 1.77. The highest BCUT2D eigenvalue weighted by molar-refractivity contribution is 8.00. The van der Waals surface area contributed by atoms with Crippen molar-refractivity contribution < 1.29 is 38.7 Å². The molecule has 2 fully saturated rings. The van der Waals surface area contributed by atoms with Crippen molar-refractivity contribution in [1.82, 2.24) is 15.2 Å². The molecule has 13 nitrogen and oxygen atoms in total. The number of carboxylic acid groups (broad SMARTS) is 1. The standard InChI is InChI=1S/C20H24ClN5O8S2/c1-19(2,3)34-9(28)5-33-25-11(10-13(21)36-18(24-10)22-8-27)14(29)23-12-15(30)26-6-20(4,17(31)32)7-35-16(12)26/h8,12,16H,5-7H2,1-4H3,(H,23,29)(H,31,32)(H,22,24,27)/t12?,16-,20?/m1/s1. The number of fused-ring (bicyclic) bond motifs is 1. The zero-order valence-corrected chi connectivity index (χ0v) is 22.1. The second-order valence-electron chi connectivity index (χ2n) is 9.19. The summed E-state index contributed by atoms with van der Waals surface area (Å²) < 4.78 is 5.13. The number of nitrogens with one attached hydrogen (secondary N) is 2. The highest BCUT2D eigenvalue weighted by Gasteiger charge is 2.56. The Bertz CT molecular complexity index is 1120. The summed E-state index contributed by atoms with van der Waals surface area (Å²) >= 11 is 8.29. The van der Waals surface area contributed by atoms with Crippen LogP contribution in [0.15, 0.2) is 5.16 Å². The van der Waals surface area contributed by atoms with Gasteiger partial charge in [-0.25, -0.2) is 9.78 Å². The molecular formula is C20H24ClN5O8S2. The fourth-order valence-corrected chi connectivity index (χ4v) is 5.81. The van der Waals surface area contributed by atoms with Crippen molar-refractivity contribution in [2.45, 2.75) is 44.7 Å². The first-order valence-corrected chi connectivity index (χ1v) is 12.7. The zero-order valence-electron chi connectivity index (χ0n) is 19.7. The number of carbonyl (C=O) groups excluding carboxylic acids is 4. The average Bonchev–Trinajstić information content (AvgIpc) is 3.13. The topological polar surface area (TPSA) is 177 Å². The molecule has 1 aromatic heterocycles. The molecule has 16 heteroatoms. The Kier molecular flexibility index (Phi) is 8.15. The monoisotopic (exact) mass is 561 g/mol. The Labute approximate surface area is 218 Å². The van der Waals surface area contributed by atoms with Gasteiger partial charge in [0.1, 0.15) is 27.0 Å². The number of thioether (sulfide) groups is 1. The van der Waals surface area contributed by atoms with Crippen LogP contribution in [-0.2, 0) is 33.5 Å². The first-order valence-electron chi connectivity index (χ1n) is 10.5. The molecule has 2 unspecified atom stereocenters. The van der Waals surface area contributed by atoms with Gasteiger partial charge in [0, 0.05) is 12.3 Å². The molecule has 3 atom stereocenters. The number of β-lactam (4-membered cyclic amide) rings is 1. The number of ether oxygens (including phenoxy) is 1. The fraction of sp³-hybridized carbons (Fsp3) is 0.550. The first-order chi connectivity index (χ1) is 16.8. The smallest absolute Gasteiger partial charge is 0.347 e. The van der Waals surface area contributed by atoms with Gasteiger partial charge in [0.25, 0.3) is 5.91 Å². The van der Waals surface area contributed by atoms with Gasteiger partial charge in [-0.05, 0) is 27.7 Å². The molecule has 196 valence electrons. The molecule has 2 aliphatic heterocycles. The predicted molar refractivity (Wildman–Crippen MR) is 131 cm³/mol. The van der Waals surface area contributed by atoms with Crippen molar-refractivity contribution in [1.29, 1.82) is 0 Å². The molecule has 0 saturated carbocycles. The number of oxime groups is 1. The maximum atomic E-state index is 13.1. The number of carbonyl (C=O) groups is 5. The van der Waals surface area contributed by atoms with E-state index in [1.165, 1.54) is 16.7 Å². The van der Waals surface area contributed by atoms with E-state index < -0.39 is 58.5 Å². The summed E-state index contributed by atoms with van der Waals surface area (Å²) in [7, 11) is 0. The van der Waals surface area contributed by atoms with Crippen LogP contribution < -0.4 is 10.6 Å². The largest absolute Gasteiger partial charge is 0.481 e. The molecule has 3 heterocycles. The Morgan fingerprint density at radius 2 is 2.08 bits per heavy atom. The summed E-state index contributed by atoms with van der Waals surface area (Å²) in [4.78, 5) is 70.5. The third-order valence-electron chi connectivity index (χ3n) is 5.00. The lowest BCUT2D eigenvalue weighted by Crippen LogP contribution is -2.73. The number of hydrogen-bond donors (Lipinski definition) is 3. The second-order valence-corrected chi connectivity index (χ2v) is 11.9. The van der Waals surface area contributed by atoms with Crippen LogP contribution >= 0.6 is 34.7 Å². The van der Waals surface area contributed by atoms with Gasteiger partial charge in [-0.2, -0.15) is 0 Å². The number of hydrogen-bond acceptors (Lipinski definition) is 11. The molecule has 0 spiro atoms. The summed E-state index contributed by atoms with van der Waals surface area (Å²) in [6, 6.07) is -0.943. The number of aromatic nitrogens is 1. The summed E-state index contributed by atoms with van der Waals surface area (Å²) in [6.45, 7) is 5.97. The van der Waals surface area contributed by atoms with Crippen molar-refractivity contribution in [3.05, 3.63) is 10.0 Å². The van der Waals surface area contributed by atoms with E-state index in [4.69, 9.17) is 21.2 Å². The highest BCUT2D eigenvalue weighted by atomic mass is 35.5. The predicted octanol–water partition coefficient (Wildman–Crippen LogP) is 0.918. The third-order valence-corrected chi connectivity index (χ3v) is 7.86. The van der Waals surface area contributed by atoms with E-state index in [1.54, 1.807) is 27.7 Å². The average molecular weight is 562 g/mol. The summed E-state index contributed by atoms with van der Waals surface area (Å²) in [5.41, 5.74) is -2.42. The lowest BCUT2D eigenvalue weighted by molar-refractivity contribution is -0.160. The van der Waals surface area contributed by atoms with Crippen molar-refractivity contribution in [3.8, 4) is 0 Å². The van der Waals surface area contributed by atoms with Gasteiger partial charge in [0.2, 0.25) is 18.9 Å². The van der Waals surface area contributed by atoms with E-state index in [-0.39, 0.29) is 27.5 Å². The van der Waals surface area contributed by atoms with Gasteiger partial charge in [-0.3, -0.25) is 19.2 Å². The normalized spacial score (nSPS) is 23.8. The molecule has 36 heavy (non-hydrogen) atoms. The maximum absolute atomic E-state index is 13.1. The number of aliphatic carboxylic acids is 1. The molecule has 3 amide bonds. The number of esters is 1. The molecule has 0 aliphatic carbocycles. The Hall–Kier alpha value is -2.91. The van der Waals surface area contributed by atoms with E-state index in [9.17, 15) is 29.1 Å². The number of thiazole rings is 1. The Morgan fingerprint density at radius 3 is 2.69 bits per heavy atom. The van der Waals surface area contributed by atoms with Crippen LogP contribution in [0.4, 0.5) is 5.13 Å². The maximum Gasteiger partial charge on any atom is 0.347 e. The van der Waals surface area contributed by atoms with Crippen molar-refractivity contribution in [2.75, 3.05) is 24.2 Å². The van der Waals surface area contributed by atoms with Crippen LogP contribution in [0.2, 0.25) is 4.34 Å². The summed E-state index contributed by atoms with van der Waals surface area (Å²) in [5, 5.41) is 17.7. The molecule has 2 aliphatic rings. The van der Waals surface area contributed by atoms with E-state index in [0.717, 1.165) is 11.3 Å². The fourth-order valence-electron chi connectivity index (χ4n) is 3.31. The van der Waals surface area contributed by atoms with E-state index in [2.05, 4.69) is 20.8 Å². The van der Waals surface area contributed by atoms with Crippen molar-refractivity contribution >= 4 is 75.7 Å². The van der Waals surface area contributed by atoms with E-state index in [1.807, 2.05) is 0 Å². The molecule has 1 aromatic rings. The first kappa shape index (κ1) is 27.7. The van der Waals surface area contributed by atoms with Gasteiger partial charge in [0.05, 0.1) is 5.41 Å². The molecule has 0 radical (unpaired) electrons. The third kappa shape index (κ3) is 6.07. The highest BCUT2D eigenvalue weighted by Crippen LogP contribution is 2.42. The van der Waals surface area contributed by atoms with Crippen molar-refractivity contribution in [3.63, 3.8) is 0 Å². The van der Waals surface area contributed by atoms with E-state index in [0.29, 0.717) is 6.41 Å². The Morgan fingerprint density at radius 1 is 1.39 bits per heavy atom. The number of amides is 3. The van der Waals surface area contributed by atoms with Gasteiger partial charge in [-0.1, -0.05) is 28.1 Å². The minimum absolute atomic E-state index is 0.0000493. The van der Waals surface area contributed by atoms with Crippen LogP contribution in [0.1, 0.15) is 33.4 Å². The molecule has 0 aromatic carbocycles. The van der Waals surface area contributed by atoms with Crippen LogP contribution in [0.3, 0.4) is 0 Å². The van der Waals surface area contributed by atoms with Crippen LogP contribution in [0, 0.1) is 5.41 Å². The van der Waals surface area contributed by atoms with Crippen LogP contribution in [0.25, 0.3) is 0 Å². The zero-order chi connectivity index (χ0) is 26.8. The number of rotatable bonds is 9. The van der Waals surface area contributed by atoms with Crippen LogP contribution in [-0.4, -0.2) is 86.8 Å². The molecule has 3 rings (SSSR count).